The molecule has 116 valence electrons. The van der Waals surface area contributed by atoms with Crippen LogP contribution in [0.1, 0.15) is 50.2 Å². The van der Waals surface area contributed by atoms with Crippen LogP contribution in [0.3, 0.4) is 0 Å². The summed E-state index contributed by atoms with van der Waals surface area (Å²) in [6.07, 6.45) is 7.75. The molecule has 0 spiro atoms. The minimum absolute atomic E-state index is 0.0847. The predicted octanol–water partition coefficient (Wildman–Crippen LogP) is 0.996. The maximum atomic E-state index is 12.3. The van der Waals surface area contributed by atoms with Crippen LogP contribution in [0.5, 0.6) is 0 Å². The standard InChI is InChI=1S/C15H25N5O/c16-9-11-5-4-6-12(11)15(21)17-10-14-19-18-13-7-2-1-3-8-20(13)14/h11-12H,1-10,16H2,(H,17,21)/t11-,12-/m1/s1. The maximum Gasteiger partial charge on any atom is 0.223 e. The van der Waals surface area contributed by atoms with Gasteiger partial charge in [0.15, 0.2) is 5.82 Å². The van der Waals surface area contributed by atoms with Gasteiger partial charge >= 0.3 is 0 Å². The molecule has 6 heteroatoms. The van der Waals surface area contributed by atoms with Gasteiger partial charge in [-0.1, -0.05) is 12.8 Å². The monoisotopic (exact) mass is 291 g/mol. The van der Waals surface area contributed by atoms with Crippen molar-refractivity contribution in [3.63, 3.8) is 0 Å². The zero-order valence-corrected chi connectivity index (χ0v) is 12.6. The molecule has 6 nitrogen and oxygen atoms in total. The fourth-order valence-corrected chi connectivity index (χ4v) is 3.64. The van der Waals surface area contributed by atoms with Crippen molar-refractivity contribution in [3.8, 4) is 0 Å². The second-order valence-electron chi connectivity index (χ2n) is 6.25. The zero-order valence-electron chi connectivity index (χ0n) is 12.6. The zero-order chi connectivity index (χ0) is 14.7. The first-order valence-electron chi connectivity index (χ1n) is 8.18. The third-order valence-electron chi connectivity index (χ3n) is 4.91. The average Bonchev–Trinajstić information content (AvgIpc) is 3.06. The topological polar surface area (TPSA) is 85.8 Å². The number of aryl methyl sites for hydroxylation is 1. The van der Waals surface area contributed by atoms with Gasteiger partial charge < -0.3 is 15.6 Å². The van der Waals surface area contributed by atoms with Crippen LogP contribution in [-0.2, 0) is 24.3 Å². The molecule has 1 saturated carbocycles. The Morgan fingerprint density at radius 3 is 3.00 bits per heavy atom. The van der Waals surface area contributed by atoms with Crippen molar-refractivity contribution in [3.05, 3.63) is 11.6 Å². The second kappa shape index (κ2) is 6.56. The average molecular weight is 291 g/mol. The highest BCUT2D eigenvalue weighted by molar-refractivity contribution is 5.79. The number of nitrogens with zero attached hydrogens (tertiary/aromatic N) is 3. The molecular formula is C15H25N5O. The highest BCUT2D eigenvalue weighted by atomic mass is 16.1. The molecule has 1 aliphatic heterocycles. The minimum atomic E-state index is 0.0847. The molecule has 3 rings (SSSR count). The summed E-state index contributed by atoms with van der Waals surface area (Å²) in [7, 11) is 0. The molecular weight excluding hydrogens is 266 g/mol. The first kappa shape index (κ1) is 14.5. The van der Waals surface area contributed by atoms with Crippen molar-refractivity contribution in [2.75, 3.05) is 6.54 Å². The second-order valence-corrected chi connectivity index (χ2v) is 6.25. The number of hydrogen-bond donors (Lipinski definition) is 2. The maximum absolute atomic E-state index is 12.3. The summed E-state index contributed by atoms with van der Waals surface area (Å²) in [5.74, 6) is 2.52. The molecule has 0 aromatic carbocycles. The Balaban J connectivity index is 1.60. The third kappa shape index (κ3) is 3.10. The Kier molecular flexibility index (Phi) is 4.53. The van der Waals surface area contributed by atoms with E-state index in [4.69, 9.17) is 5.73 Å². The first-order chi connectivity index (χ1) is 10.3. The summed E-state index contributed by atoms with van der Waals surface area (Å²) in [5, 5.41) is 11.6. The van der Waals surface area contributed by atoms with E-state index in [2.05, 4.69) is 20.1 Å². The highest BCUT2D eigenvalue weighted by Gasteiger charge is 2.31. The van der Waals surface area contributed by atoms with Crippen LogP contribution in [0.15, 0.2) is 0 Å². The van der Waals surface area contributed by atoms with E-state index in [1.807, 2.05) is 0 Å². The van der Waals surface area contributed by atoms with E-state index in [1.54, 1.807) is 0 Å². The number of carbonyl (C=O) groups excluding carboxylic acids is 1. The Morgan fingerprint density at radius 1 is 1.24 bits per heavy atom. The van der Waals surface area contributed by atoms with Gasteiger partial charge in [0.25, 0.3) is 0 Å². The predicted molar refractivity (Wildman–Crippen MR) is 79.3 cm³/mol. The Labute approximate surface area is 125 Å². The number of nitrogens with two attached hydrogens (primary N) is 1. The van der Waals surface area contributed by atoms with Crippen LogP contribution in [0, 0.1) is 11.8 Å². The number of amides is 1. The number of carbonyl (C=O) groups is 1. The summed E-state index contributed by atoms with van der Waals surface area (Å²) in [6.45, 7) is 2.07. The van der Waals surface area contributed by atoms with Gasteiger partial charge in [-0.05, 0) is 38.1 Å². The van der Waals surface area contributed by atoms with Crippen molar-refractivity contribution in [2.45, 2.75) is 58.0 Å². The van der Waals surface area contributed by atoms with Gasteiger partial charge in [-0.2, -0.15) is 0 Å². The van der Waals surface area contributed by atoms with Gasteiger partial charge in [-0.25, -0.2) is 0 Å². The number of fused-ring (bicyclic) bond motifs is 1. The van der Waals surface area contributed by atoms with Crippen LogP contribution < -0.4 is 11.1 Å². The minimum Gasteiger partial charge on any atom is -0.349 e. The molecule has 0 saturated heterocycles. The van der Waals surface area contributed by atoms with Crippen molar-refractivity contribution in [1.82, 2.24) is 20.1 Å². The summed E-state index contributed by atoms with van der Waals surface area (Å²) in [5.41, 5.74) is 5.75. The van der Waals surface area contributed by atoms with E-state index < -0.39 is 0 Å². The summed E-state index contributed by atoms with van der Waals surface area (Å²) in [4.78, 5) is 12.3. The fraction of sp³-hybridized carbons (Fsp3) is 0.800. The number of rotatable bonds is 4. The van der Waals surface area contributed by atoms with E-state index in [1.165, 1.54) is 19.3 Å². The molecule has 3 N–H and O–H groups in total. The van der Waals surface area contributed by atoms with Gasteiger partial charge in [0.2, 0.25) is 5.91 Å². The van der Waals surface area contributed by atoms with Crippen molar-refractivity contribution in [2.24, 2.45) is 17.6 Å². The molecule has 2 atom stereocenters. The Bertz CT molecular complexity index is 498. The summed E-state index contributed by atoms with van der Waals surface area (Å²) >= 11 is 0. The summed E-state index contributed by atoms with van der Waals surface area (Å²) in [6, 6.07) is 0. The van der Waals surface area contributed by atoms with Gasteiger partial charge in [0.1, 0.15) is 5.82 Å². The van der Waals surface area contributed by atoms with Gasteiger partial charge in [0, 0.05) is 18.9 Å². The SMILES string of the molecule is NC[C@H]1CCC[C@H]1C(=O)NCc1nnc2n1CCCCC2. The number of nitrogens with one attached hydrogen (secondary N) is 1. The van der Waals surface area contributed by atoms with Crippen LogP contribution in [0.2, 0.25) is 0 Å². The van der Waals surface area contributed by atoms with E-state index in [9.17, 15) is 4.79 Å². The van der Waals surface area contributed by atoms with E-state index in [0.29, 0.717) is 19.0 Å². The smallest absolute Gasteiger partial charge is 0.223 e. The van der Waals surface area contributed by atoms with Crippen molar-refractivity contribution >= 4 is 5.91 Å². The largest absolute Gasteiger partial charge is 0.349 e. The molecule has 1 aromatic heterocycles. The molecule has 1 aliphatic carbocycles. The quantitative estimate of drug-likeness (QED) is 0.866. The highest BCUT2D eigenvalue weighted by Crippen LogP contribution is 2.31. The normalized spacial score (nSPS) is 25.4. The lowest BCUT2D eigenvalue weighted by Gasteiger charge is -2.17. The van der Waals surface area contributed by atoms with E-state index in [0.717, 1.165) is 43.9 Å². The molecule has 21 heavy (non-hydrogen) atoms. The van der Waals surface area contributed by atoms with Crippen LogP contribution in [0.4, 0.5) is 0 Å². The van der Waals surface area contributed by atoms with Gasteiger partial charge in [0.05, 0.1) is 6.54 Å². The lowest BCUT2D eigenvalue weighted by Crippen LogP contribution is -2.35. The lowest BCUT2D eigenvalue weighted by atomic mass is 9.95. The van der Waals surface area contributed by atoms with E-state index >= 15 is 0 Å². The molecule has 2 heterocycles. The lowest BCUT2D eigenvalue weighted by molar-refractivity contribution is -0.126. The first-order valence-corrected chi connectivity index (χ1v) is 8.18. The fourth-order valence-electron chi connectivity index (χ4n) is 3.64. The molecule has 1 aromatic rings. The number of hydrogen-bond acceptors (Lipinski definition) is 4. The Morgan fingerprint density at radius 2 is 2.14 bits per heavy atom. The van der Waals surface area contributed by atoms with Crippen molar-refractivity contribution in [1.29, 1.82) is 0 Å². The molecule has 0 radical (unpaired) electrons. The molecule has 1 fully saturated rings. The van der Waals surface area contributed by atoms with Crippen LogP contribution in [-0.4, -0.2) is 27.2 Å². The van der Waals surface area contributed by atoms with Crippen LogP contribution in [0.25, 0.3) is 0 Å². The van der Waals surface area contributed by atoms with Gasteiger partial charge in [-0.15, -0.1) is 10.2 Å². The summed E-state index contributed by atoms with van der Waals surface area (Å²) < 4.78 is 2.18. The number of aromatic nitrogens is 3. The van der Waals surface area contributed by atoms with Gasteiger partial charge in [-0.3, -0.25) is 4.79 Å². The Hall–Kier alpha value is -1.43. The van der Waals surface area contributed by atoms with Crippen LogP contribution >= 0.6 is 0 Å². The molecule has 0 unspecified atom stereocenters. The van der Waals surface area contributed by atoms with E-state index in [-0.39, 0.29) is 11.8 Å². The third-order valence-corrected chi connectivity index (χ3v) is 4.91. The molecule has 0 bridgehead atoms. The van der Waals surface area contributed by atoms with Crippen molar-refractivity contribution < 1.29 is 4.79 Å². The molecule has 1 amide bonds. The molecule has 2 aliphatic rings.